The number of halogens is 2. The SMILES string of the molecule is CN=C(Cn1c(C)c(C(=O)C(=O)Nc2ccnc(OC)c2)c2cc(C)c(Cl)cc21)SCCl. The maximum absolute atomic E-state index is 13.3. The van der Waals surface area contributed by atoms with Gasteiger partial charge in [0.2, 0.25) is 5.88 Å². The first-order valence-electron chi connectivity index (χ1n) is 9.59. The monoisotopic (exact) mass is 492 g/mol. The molecule has 10 heteroatoms. The van der Waals surface area contributed by atoms with E-state index in [2.05, 4.69) is 15.3 Å². The Hall–Kier alpha value is -2.55. The largest absolute Gasteiger partial charge is 0.481 e. The fourth-order valence-electron chi connectivity index (χ4n) is 3.37. The van der Waals surface area contributed by atoms with Crippen molar-refractivity contribution in [3.05, 3.63) is 52.3 Å². The Bertz CT molecular complexity index is 1220. The van der Waals surface area contributed by atoms with Crippen LogP contribution < -0.4 is 10.1 Å². The number of amides is 1. The van der Waals surface area contributed by atoms with Gasteiger partial charge in [-0.05, 0) is 37.6 Å². The number of anilines is 1. The van der Waals surface area contributed by atoms with Crippen LogP contribution in [0.3, 0.4) is 0 Å². The fraction of sp³-hybridized carbons (Fsp3) is 0.273. The number of rotatable bonds is 7. The van der Waals surface area contributed by atoms with Gasteiger partial charge in [-0.25, -0.2) is 4.98 Å². The summed E-state index contributed by atoms with van der Waals surface area (Å²) in [6, 6.07) is 6.76. The van der Waals surface area contributed by atoms with Crippen molar-refractivity contribution < 1.29 is 14.3 Å². The van der Waals surface area contributed by atoms with Crippen molar-refractivity contribution in [3.63, 3.8) is 0 Å². The molecule has 1 N–H and O–H groups in total. The van der Waals surface area contributed by atoms with E-state index in [1.807, 2.05) is 17.6 Å². The minimum atomic E-state index is -0.757. The van der Waals surface area contributed by atoms with E-state index in [4.69, 9.17) is 27.9 Å². The molecule has 0 unspecified atom stereocenters. The van der Waals surface area contributed by atoms with Crippen LogP contribution in [-0.4, -0.2) is 45.7 Å². The Morgan fingerprint density at radius 3 is 2.69 bits per heavy atom. The minimum absolute atomic E-state index is 0.324. The number of aryl methyl sites for hydroxylation is 1. The number of carbonyl (C=O) groups is 2. The Kier molecular flexibility index (Phi) is 7.82. The lowest BCUT2D eigenvalue weighted by Gasteiger charge is -2.10. The molecule has 168 valence electrons. The van der Waals surface area contributed by atoms with Crippen LogP contribution >= 0.6 is 35.0 Å². The number of nitrogens with zero attached hydrogens (tertiary/aromatic N) is 3. The molecule has 0 spiro atoms. The van der Waals surface area contributed by atoms with Crippen molar-refractivity contribution in [1.82, 2.24) is 9.55 Å². The number of nitrogens with one attached hydrogen (secondary N) is 1. The molecule has 1 aromatic carbocycles. The molecule has 0 radical (unpaired) electrons. The maximum atomic E-state index is 13.3. The van der Waals surface area contributed by atoms with Crippen molar-refractivity contribution in [3.8, 4) is 5.88 Å². The summed E-state index contributed by atoms with van der Waals surface area (Å²) in [5.41, 5.74) is 2.94. The van der Waals surface area contributed by atoms with Gasteiger partial charge < -0.3 is 14.6 Å². The molecule has 32 heavy (non-hydrogen) atoms. The molecular formula is C22H22Cl2N4O3S. The van der Waals surface area contributed by atoms with E-state index in [1.54, 1.807) is 32.2 Å². The standard InChI is InChI=1S/C22H22Cl2N4O3S/c1-12-7-15-17(9-16(12)24)28(10-19(25-3)32-11-23)13(2)20(15)21(29)22(30)27-14-5-6-26-18(8-14)31-4/h5-9H,10-11H2,1-4H3,(H,26,27,30). The van der Waals surface area contributed by atoms with Crippen LogP contribution in [0.4, 0.5) is 5.69 Å². The van der Waals surface area contributed by atoms with Crippen LogP contribution in [0.5, 0.6) is 5.88 Å². The molecule has 0 fully saturated rings. The summed E-state index contributed by atoms with van der Waals surface area (Å²) in [7, 11) is 3.16. The molecule has 3 aromatic rings. The summed E-state index contributed by atoms with van der Waals surface area (Å²) in [5.74, 6) is -1.08. The lowest BCUT2D eigenvalue weighted by atomic mass is 10.0. The lowest BCUT2D eigenvalue weighted by Crippen LogP contribution is -2.23. The zero-order valence-corrected chi connectivity index (χ0v) is 20.4. The van der Waals surface area contributed by atoms with Crippen LogP contribution in [0.2, 0.25) is 5.02 Å². The van der Waals surface area contributed by atoms with E-state index in [9.17, 15) is 9.59 Å². The van der Waals surface area contributed by atoms with E-state index in [1.165, 1.54) is 25.1 Å². The Morgan fingerprint density at radius 1 is 1.28 bits per heavy atom. The molecule has 2 heterocycles. The zero-order chi connectivity index (χ0) is 23.4. The summed E-state index contributed by atoms with van der Waals surface area (Å²) in [4.78, 5) is 34.4. The topological polar surface area (TPSA) is 85.6 Å². The maximum Gasteiger partial charge on any atom is 0.296 e. The second-order valence-electron chi connectivity index (χ2n) is 6.91. The Labute approximate surface area is 200 Å². The number of Topliss-reactive ketones (excluding diaryl/α,β-unsaturated/α-hetero) is 1. The summed E-state index contributed by atoms with van der Waals surface area (Å²) in [5, 5.41) is 5.00. The first-order chi connectivity index (χ1) is 15.3. The third-order valence-electron chi connectivity index (χ3n) is 5.00. The summed E-state index contributed by atoms with van der Waals surface area (Å²) in [6.45, 7) is 4.07. The van der Waals surface area contributed by atoms with Crippen molar-refractivity contribution >= 4 is 68.3 Å². The highest BCUT2D eigenvalue weighted by atomic mass is 35.5. The number of aromatic nitrogens is 2. The summed E-state index contributed by atoms with van der Waals surface area (Å²) < 4.78 is 7.00. The highest BCUT2D eigenvalue weighted by molar-refractivity contribution is 8.14. The molecule has 0 aliphatic carbocycles. The van der Waals surface area contributed by atoms with Gasteiger partial charge in [-0.15, -0.1) is 11.6 Å². The number of carbonyl (C=O) groups excluding carboxylic acids is 2. The van der Waals surface area contributed by atoms with Crippen LogP contribution in [-0.2, 0) is 11.3 Å². The molecule has 0 bridgehead atoms. The van der Waals surface area contributed by atoms with Gasteiger partial charge in [0.15, 0.2) is 0 Å². The smallest absolute Gasteiger partial charge is 0.296 e. The number of ether oxygens (including phenoxy) is 1. The minimum Gasteiger partial charge on any atom is -0.481 e. The summed E-state index contributed by atoms with van der Waals surface area (Å²) >= 11 is 13.7. The molecule has 1 amide bonds. The van der Waals surface area contributed by atoms with Gasteiger partial charge in [0.05, 0.1) is 35.0 Å². The molecule has 0 atom stereocenters. The van der Waals surface area contributed by atoms with Gasteiger partial charge in [0.1, 0.15) is 0 Å². The average molecular weight is 493 g/mol. The third kappa shape index (κ3) is 4.92. The molecule has 0 saturated heterocycles. The molecular weight excluding hydrogens is 471 g/mol. The van der Waals surface area contributed by atoms with Gasteiger partial charge in [0, 0.05) is 41.1 Å². The lowest BCUT2D eigenvalue weighted by molar-refractivity contribution is -0.112. The number of benzene rings is 1. The van der Waals surface area contributed by atoms with Crippen molar-refractivity contribution in [2.45, 2.75) is 20.4 Å². The first kappa shape index (κ1) is 24.1. The predicted molar refractivity (Wildman–Crippen MR) is 132 cm³/mol. The van der Waals surface area contributed by atoms with E-state index in [-0.39, 0.29) is 0 Å². The quantitative estimate of drug-likeness (QED) is 0.163. The highest BCUT2D eigenvalue weighted by Gasteiger charge is 2.26. The molecule has 3 rings (SSSR count). The number of methoxy groups -OCH3 is 1. The molecule has 7 nitrogen and oxygen atoms in total. The van der Waals surface area contributed by atoms with Gasteiger partial charge in [-0.2, -0.15) is 0 Å². The number of pyridine rings is 1. The fourth-order valence-corrected chi connectivity index (χ4v) is 4.39. The van der Waals surface area contributed by atoms with Gasteiger partial charge in [-0.3, -0.25) is 14.6 Å². The van der Waals surface area contributed by atoms with Crippen molar-refractivity contribution in [2.75, 3.05) is 24.7 Å². The molecule has 0 saturated carbocycles. The summed E-state index contributed by atoms with van der Waals surface area (Å²) in [6.07, 6.45) is 1.49. The Balaban J connectivity index is 2.06. The number of alkyl halides is 1. The molecule has 0 aliphatic heterocycles. The zero-order valence-electron chi connectivity index (χ0n) is 18.0. The van der Waals surface area contributed by atoms with Crippen LogP contribution in [0.25, 0.3) is 10.9 Å². The number of thioether (sulfide) groups is 1. The highest BCUT2D eigenvalue weighted by Crippen LogP contribution is 2.32. The third-order valence-corrected chi connectivity index (χ3v) is 6.49. The van der Waals surface area contributed by atoms with Crippen molar-refractivity contribution in [2.24, 2.45) is 4.99 Å². The van der Waals surface area contributed by atoms with Crippen LogP contribution in [0.1, 0.15) is 21.6 Å². The average Bonchev–Trinajstić information content (AvgIpc) is 3.03. The number of aliphatic imine (C=N–C) groups is 1. The number of fused-ring (bicyclic) bond motifs is 1. The van der Waals surface area contributed by atoms with E-state index >= 15 is 0 Å². The predicted octanol–water partition coefficient (Wildman–Crippen LogP) is 5.09. The van der Waals surface area contributed by atoms with Crippen LogP contribution in [0.15, 0.2) is 35.5 Å². The number of ketones is 1. The first-order valence-corrected chi connectivity index (χ1v) is 11.5. The second kappa shape index (κ2) is 10.4. The van der Waals surface area contributed by atoms with Gasteiger partial charge >= 0.3 is 0 Å². The van der Waals surface area contributed by atoms with E-state index < -0.39 is 11.7 Å². The molecule has 2 aromatic heterocycles. The van der Waals surface area contributed by atoms with E-state index in [0.717, 1.165) is 16.1 Å². The number of hydrogen-bond acceptors (Lipinski definition) is 6. The molecule has 0 aliphatic rings. The Morgan fingerprint density at radius 2 is 2.03 bits per heavy atom. The van der Waals surface area contributed by atoms with Gasteiger partial charge in [-0.1, -0.05) is 23.4 Å². The van der Waals surface area contributed by atoms with E-state index in [0.29, 0.717) is 45.0 Å². The number of hydrogen-bond donors (Lipinski definition) is 1. The normalized spacial score (nSPS) is 11.6. The van der Waals surface area contributed by atoms with Crippen LogP contribution in [0, 0.1) is 13.8 Å². The second-order valence-corrected chi connectivity index (χ2v) is 8.95. The van der Waals surface area contributed by atoms with Gasteiger partial charge in [0.25, 0.3) is 11.7 Å². The van der Waals surface area contributed by atoms with Crippen molar-refractivity contribution in [1.29, 1.82) is 0 Å².